The number of amides is 1. The van der Waals surface area contributed by atoms with Crippen LogP contribution in [0.25, 0.3) is 0 Å². The van der Waals surface area contributed by atoms with Crippen LogP contribution in [0.1, 0.15) is 38.1 Å². The summed E-state index contributed by atoms with van der Waals surface area (Å²) in [6, 6.07) is 3.52. The van der Waals surface area contributed by atoms with Gasteiger partial charge in [-0.2, -0.15) is 0 Å². The average molecular weight is 280 g/mol. The van der Waals surface area contributed by atoms with Gasteiger partial charge in [-0.3, -0.25) is 10.1 Å². The predicted octanol–water partition coefficient (Wildman–Crippen LogP) is 2.27. The maximum atomic E-state index is 11.7. The number of ether oxygens (including phenoxy) is 1. The quantitative estimate of drug-likeness (QED) is 0.582. The van der Waals surface area contributed by atoms with E-state index < -0.39 is 17.7 Å². The molecular formula is C14H20N2O4. The third-order valence-corrected chi connectivity index (χ3v) is 2.33. The number of hydrogen-bond acceptors (Lipinski definition) is 5. The molecule has 20 heavy (non-hydrogen) atoms. The summed E-state index contributed by atoms with van der Waals surface area (Å²) < 4.78 is 5.06. The summed E-state index contributed by atoms with van der Waals surface area (Å²) in [5, 5.41) is 12.2. The highest BCUT2D eigenvalue weighted by molar-refractivity contribution is 6.01. The number of anilines is 1. The van der Waals surface area contributed by atoms with Gasteiger partial charge in [0.25, 0.3) is 0 Å². The molecule has 6 heteroatoms. The van der Waals surface area contributed by atoms with E-state index in [1.807, 2.05) is 0 Å². The van der Waals surface area contributed by atoms with Crippen molar-refractivity contribution in [2.75, 3.05) is 5.32 Å². The lowest BCUT2D eigenvalue weighted by molar-refractivity contribution is 0.0635. The van der Waals surface area contributed by atoms with Gasteiger partial charge in [0.1, 0.15) is 11.4 Å². The minimum absolute atomic E-state index is 0.167. The monoisotopic (exact) mass is 280 g/mol. The molecular weight excluding hydrogens is 260 g/mol. The Balaban J connectivity index is 2.84. The van der Waals surface area contributed by atoms with Gasteiger partial charge in [-0.1, -0.05) is 0 Å². The lowest BCUT2D eigenvalue weighted by Crippen LogP contribution is -2.27. The van der Waals surface area contributed by atoms with E-state index in [0.29, 0.717) is 0 Å². The first-order valence-electron chi connectivity index (χ1n) is 6.23. The Morgan fingerprint density at radius 2 is 1.95 bits per heavy atom. The van der Waals surface area contributed by atoms with Gasteiger partial charge in [0.2, 0.25) is 0 Å². The number of Topliss-reactive ketones (excluding diaryl/α,β-unsaturated/α-hetero) is 1. The Hall–Kier alpha value is -2.08. The van der Waals surface area contributed by atoms with Crippen molar-refractivity contribution in [2.24, 2.45) is 5.73 Å². The second-order valence-electron chi connectivity index (χ2n) is 5.51. The highest BCUT2D eigenvalue weighted by Gasteiger charge is 2.18. The molecule has 0 saturated heterocycles. The van der Waals surface area contributed by atoms with E-state index in [-0.39, 0.29) is 22.8 Å². The van der Waals surface area contributed by atoms with E-state index in [4.69, 9.17) is 10.5 Å². The van der Waals surface area contributed by atoms with Crippen LogP contribution in [0.4, 0.5) is 10.5 Å². The molecule has 0 aliphatic rings. The van der Waals surface area contributed by atoms with Gasteiger partial charge in [0.05, 0.1) is 11.7 Å². The first kappa shape index (κ1) is 16.0. The molecule has 0 fully saturated rings. The normalized spacial score (nSPS) is 12.7. The van der Waals surface area contributed by atoms with Crippen molar-refractivity contribution in [3.8, 4) is 5.75 Å². The van der Waals surface area contributed by atoms with E-state index in [9.17, 15) is 14.7 Å². The summed E-state index contributed by atoms with van der Waals surface area (Å²) in [6.45, 7) is 6.76. The average Bonchev–Trinajstić information content (AvgIpc) is 2.28. The van der Waals surface area contributed by atoms with Gasteiger partial charge in [-0.15, -0.1) is 0 Å². The van der Waals surface area contributed by atoms with Crippen LogP contribution in [0, 0.1) is 0 Å². The first-order valence-corrected chi connectivity index (χ1v) is 6.23. The number of rotatable bonds is 3. The maximum Gasteiger partial charge on any atom is 0.412 e. The summed E-state index contributed by atoms with van der Waals surface area (Å²) in [5.41, 5.74) is 5.30. The number of benzene rings is 1. The topological polar surface area (TPSA) is 102 Å². The molecule has 0 radical (unpaired) electrons. The van der Waals surface area contributed by atoms with E-state index in [0.717, 1.165) is 0 Å². The predicted molar refractivity (Wildman–Crippen MR) is 75.9 cm³/mol. The number of ketones is 1. The molecule has 0 bridgehead atoms. The maximum absolute atomic E-state index is 11.7. The van der Waals surface area contributed by atoms with Crippen molar-refractivity contribution >= 4 is 17.6 Å². The molecule has 1 aromatic carbocycles. The van der Waals surface area contributed by atoms with Gasteiger partial charge in [-0.05, 0) is 45.9 Å². The van der Waals surface area contributed by atoms with Crippen molar-refractivity contribution in [3.05, 3.63) is 23.8 Å². The van der Waals surface area contributed by atoms with Crippen molar-refractivity contribution in [1.29, 1.82) is 0 Å². The van der Waals surface area contributed by atoms with Gasteiger partial charge in [0.15, 0.2) is 5.78 Å². The fourth-order valence-electron chi connectivity index (χ4n) is 1.47. The molecule has 1 amide bonds. The molecule has 1 aromatic rings. The van der Waals surface area contributed by atoms with Crippen molar-refractivity contribution in [1.82, 2.24) is 0 Å². The molecule has 0 aliphatic carbocycles. The van der Waals surface area contributed by atoms with E-state index in [1.165, 1.54) is 18.2 Å². The fourth-order valence-corrected chi connectivity index (χ4v) is 1.47. The minimum Gasteiger partial charge on any atom is -0.506 e. The number of carbonyl (C=O) groups excluding carboxylic acids is 2. The summed E-state index contributed by atoms with van der Waals surface area (Å²) in [6.07, 6.45) is -0.681. The Labute approximate surface area is 117 Å². The molecule has 0 aliphatic heterocycles. The van der Waals surface area contributed by atoms with Crippen LogP contribution < -0.4 is 11.1 Å². The van der Waals surface area contributed by atoms with E-state index in [2.05, 4.69) is 5.32 Å². The number of phenols is 1. The summed E-state index contributed by atoms with van der Waals surface area (Å²) >= 11 is 0. The first-order chi connectivity index (χ1) is 9.10. The highest BCUT2D eigenvalue weighted by atomic mass is 16.6. The van der Waals surface area contributed by atoms with Gasteiger partial charge >= 0.3 is 6.09 Å². The zero-order chi connectivity index (χ0) is 15.5. The molecule has 0 heterocycles. The molecule has 1 rings (SSSR count). The third-order valence-electron chi connectivity index (χ3n) is 2.33. The second-order valence-corrected chi connectivity index (χ2v) is 5.51. The lowest BCUT2D eigenvalue weighted by atomic mass is 10.1. The largest absolute Gasteiger partial charge is 0.506 e. The number of nitrogens with one attached hydrogen (secondary N) is 1. The molecule has 6 nitrogen and oxygen atoms in total. The van der Waals surface area contributed by atoms with E-state index in [1.54, 1.807) is 27.7 Å². The second kappa shape index (κ2) is 5.92. The highest BCUT2D eigenvalue weighted by Crippen LogP contribution is 2.25. The number of phenolic OH excluding ortho intramolecular Hbond substituents is 1. The lowest BCUT2D eigenvalue weighted by Gasteiger charge is -2.20. The standard InChI is InChI=1S/C14H20N2O4/c1-8(15)12(18)9-5-6-10(11(17)7-9)16-13(19)20-14(2,3)4/h5-8,17H,15H2,1-4H3,(H,16,19). The Kier molecular flexibility index (Phi) is 4.73. The Morgan fingerprint density at radius 1 is 1.35 bits per heavy atom. The SMILES string of the molecule is CC(N)C(=O)c1ccc(NC(=O)OC(C)(C)C)c(O)c1. The zero-order valence-corrected chi connectivity index (χ0v) is 12.1. The third kappa shape index (κ3) is 4.55. The number of carbonyl (C=O) groups is 2. The molecule has 0 aromatic heterocycles. The Bertz CT molecular complexity index is 518. The van der Waals surface area contributed by atoms with Gasteiger partial charge in [-0.25, -0.2) is 4.79 Å². The van der Waals surface area contributed by atoms with Gasteiger partial charge < -0.3 is 15.6 Å². The Morgan fingerprint density at radius 3 is 2.40 bits per heavy atom. The molecule has 110 valence electrons. The molecule has 1 atom stereocenters. The fraction of sp³-hybridized carbons (Fsp3) is 0.429. The van der Waals surface area contributed by atoms with Crippen LogP contribution in [0.3, 0.4) is 0 Å². The molecule has 4 N–H and O–H groups in total. The van der Waals surface area contributed by atoms with Crippen molar-refractivity contribution < 1.29 is 19.4 Å². The number of hydrogen-bond donors (Lipinski definition) is 3. The summed E-state index contributed by atoms with van der Waals surface area (Å²) in [5.74, 6) is -0.508. The summed E-state index contributed by atoms with van der Waals surface area (Å²) in [7, 11) is 0. The van der Waals surface area contributed by atoms with Crippen molar-refractivity contribution in [2.45, 2.75) is 39.3 Å². The number of nitrogens with two attached hydrogens (primary N) is 1. The van der Waals surface area contributed by atoms with Crippen LogP contribution in [0.5, 0.6) is 5.75 Å². The summed E-state index contributed by atoms with van der Waals surface area (Å²) in [4.78, 5) is 23.2. The molecule has 1 unspecified atom stereocenters. The van der Waals surface area contributed by atoms with Crippen LogP contribution in [-0.2, 0) is 4.74 Å². The molecule has 0 saturated carbocycles. The van der Waals surface area contributed by atoms with Crippen molar-refractivity contribution in [3.63, 3.8) is 0 Å². The van der Waals surface area contributed by atoms with Crippen LogP contribution in [-0.4, -0.2) is 28.6 Å². The smallest absolute Gasteiger partial charge is 0.412 e. The zero-order valence-electron chi connectivity index (χ0n) is 12.1. The van der Waals surface area contributed by atoms with Gasteiger partial charge in [0, 0.05) is 5.56 Å². The van der Waals surface area contributed by atoms with Crippen LogP contribution in [0.15, 0.2) is 18.2 Å². The van der Waals surface area contributed by atoms with Crippen LogP contribution >= 0.6 is 0 Å². The van der Waals surface area contributed by atoms with E-state index >= 15 is 0 Å². The van der Waals surface area contributed by atoms with Crippen LogP contribution in [0.2, 0.25) is 0 Å². The number of aromatic hydroxyl groups is 1. The minimum atomic E-state index is -0.681. The molecule has 0 spiro atoms.